The Morgan fingerprint density at radius 3 is 2.25 bits per heavy atom. The Morgan fingerprint density at radius 2 is 1.62 bits per heavy atom. The fourth-order valence-electron chi connectivity index (χ4n) is 2.13. The summed E-state index contributed by atoms with van der Waals surface area (Å²) in [6.07, 6.45) is 0. The lowest BCUT2D eigenvalue weighted by molar-refractivity contribution is -0.114. The van der Waals surface area contributed by atoms with E-state index >= 15 is 0 Å². The summed E-state index contributed by atoms with van der Waals surface area (Å²) in [5.41, 5.74) is 0.870. The zero-order chi connectivity index (χ0) is 17.7. The van der Waals surface area contributed by atoms with Crippen LogP contribution in [-0.2, 0) is 4.79 Å². The monoisotopic (exact) mass is 332 g/mol. The molecule has 0 radical (unpaired) electrons. The second kappa shape index (κ2) is 7.45. The van der Waals surface area contributed by atoms with E-state index in [0.717, 1.165) is 6.07 Å². The van der Waals surface area contributed by atoms with Gasteiger partial charge in [0.25, 0.3) is 5.91 Å². The highest BCUT2D eigenvalue weighted by molar-refractivity contribution is 6.07. The number of ether oxygens (including phenoxy) is 2. The van der Waals surface area contributed by atoms with E-state index in [1.807, 2.05) is 0 Å². The van der Waals surface area contributed by atoms with Crippen molar-refractivity contribution >= 4 is 23.2 Å². The number of methoxy groups -OCH3 is 2. The highest BCUT2D eigenvalue weighted by atomic mass is 19.1. The minimum absolute atomic E-state index is 0.0458. The maximum atomic E-state index is 13.4. The Hall–Kier alpha value is -3.09. The molecule has 2 rings (SSSR count). The van der Waals surface area contributed by atoms with Crippen LogP contribution in [0.5, 0.6) is 11.5 Å². The van der Waals surface area contributed by atoms with Crippen molar-refractivity contribution in [3.8, 4) is 11.5 Å². The molecule has 126 valence electrons. The number of hydrogen-bond donors (Lipinski definition) is 2. The van der Waals surface area contributed by atoms with Crippen molar-refractivity contribution in [2.75, 3.05) is 24.9 Å². The van der Waals surface area contributed by atoms with Gasteiger partial charge in [0.15, 0.2) is 0 Å². The minimum Gasteiger partial charge on any atom is -0.496 e. The van der Waals surface area contributed by atoms with E-state index in [0.29, 0.717) is 17.1 Å². The lowest BCUT2D eigenvalue weighted by atomic mass is 10.1. The van der Waals surface area contributed by atoms with Gasteiger partial charge in [-0.3, -0.25) is 9.59 Å². The average molecular weight is 332 g/mol. The molecule has 0 heterocycles. The highest BCUT2D eigenvalue weighted by Crippen LogP contribution is 2.29. The number of halogens is 1. The molecule has 7 heteroatoms. The van der Waals surface area contributed by atoms with E-state index in [1.54, 1.807) is 18.2 Å². The quantitative estimate of drug-likeness (QED) is 0.882. The van der Waals surface area contributed by atoms with Crippen molar-refractivity contribution in [3.63, 3.8) is 0 Å². The number of carbonyl (C=O) groups is 2. The second-order valence-electron chi connectivity index (χ2n) is 4.89. The van der Waals surface area contributed by atoms with Gasteiger partial charge >= 0.3 is 0 Å². The van der Waals surface area contributed by atoms with Gasteiger partial charge in [0.2, 0.25) is 5.91 Å². The normalized spacial score (nSPS) is 10.0. The van der Waals surface area contributed by atoms with Gasteiger partial charge in [0, 0.05) is 12.6 Å². The van der Waals surface area contributed by atoms with Crippen molar-refractivity contribution in [3.05, 3.63) is 47.8 Å². The molecule has 0 saturated heterocycles. The number of amides is 2. The lowest BCUT2D eigenvalue weighted by Gasteiger charge is -2.13. The van der Waals surface area contributed by atoms with Crippen LogP contribution in [0.2, 0.25) is 0 Å². The predicted molar refractivity (Wildman–Crippen MR) is 88.2 cm³/mol. The number of hydrogen-bond acceptors (Lipinski definition) is 4. The van der Waals surface area contributed by atoms with Crippen LogP contribution in [0.15, 0.2) is 36.4 Å². The molecule has 0 aliphatic rings. The Labute approximate surface area is 138 Å². The topological polar surface area (TPSA) is 76.7 Å². The molecule has 0 aromatic heterocycles. The lowest BCUT2D eigenvalue weighted by Crippen LogP contribution is -2.15. The molecule has 0 aliphatic carbocycles. The van der Waals surface area contributed by atoms with E-state index in [-0.39, 0.29) is 17.2 Å². The Balaban J connectivity index is 2.34. The first-order valence-corrected chi connectivity index (χ1v) is 7.05. The molecule has 24 heavy (non-hydrogen) atoms. The molecule has 0 bridgehead atoms. The SMILES string of the molecule is COc1ccc(NC(C)=O)cc1NC(=O)c1cc(F)ccc1OC. The van der Waals surface area contributed by atoms with Crippen LogP contribution < -0.4 is 20.1 Å². The molecule has 0 saturated carbocycles. The molecule has 0 aliphatic heterocycles. The van der Waals surface area contributed by atoms with Crippen LogP contribution in [-0.4, -0.2) is 26.0 Å². The van der Waals surface area contributed by atoms with Crippen molar-refractivity contribution in [2.24, 2.45) is 0 Å². The third-order valence-electron chi connectivity index (χ3n) is 3.17. The first-order chi connectivity index (χ1) is 11.4. The van der Waals surface area contributed by atoms with E-state index in [4.69, 9.17) is 9.47 Å². The Kier molecular flexibility index (Phi) is 5.36. The van der Waals surface area contributed by atoms with Crippen LogP contribution in [0.4, 0.5) is 15.8 Å². The summed E-state index contributed by atoms with van der Waals surface area (Å²) in [7, 11) is 2.84. The van der Waals surface area contributed by atoms with Crippen LogP contribution in [0.1, 0.15) is 17.3 Å². The van der Waals surface area contributed by atoms with Crippen LogP contribution in [0, 0.1) is 5.82 Å². The Morgan fingerprint density at radius 1 is 0.958 bits per heavy atom. The number of rotatable bonds is 5. The number of anilines is 2. The van der Waals surface area contributed by atoms with Crippen molar-refractivity contribution in [1.29, 1.82) is 0 Å². The zero-order valence-corrected chi connectivity index (χ0v) is 13.5. The number of carbonyl (C=O) groups excluding carboxylic acids is 2. The minimum atomic E-state index is -0.565. The Bertz CT molecular complexity index is 777. The highest BCUT2D eigenvalue weighted by Gasteiger charge is 2.16. The molecule has 0 unspecified atom stereocenters. The predicted octanol–water partition coefficient (Wildman–Crippen LogP) is 3.05. The summed E-state index contributed by atoms with van der Waals surface area (Å²) in [5, 5.41) is 5.24. The maximum absolute atomic E-state index is 13.4. The zero-order valence-electron chi connectivity index (χ0n) is 13.5. The molecule has 2 aromatic carbocycles. The summed E-state index contributed by atoms with van der Waals surface area (Å²) in [6, 6.07) is 8.44. The van der Waals surface area contributed by atoms with E-state index in [9.17, 15) is 14.0 Å². The smallest absolute Gasteiger partial charge is 0.259 e. The molecule has 2 N–H and O–H groups in total. The van der Waals surface area contributed by atoms with Crippen molar-refractivity contribution in [2.45, 2.75) is 6.92 Å². The standard InChI is InChI=1S/C17H17FN2O4/c1-10(21)19-12-5-7-16(24-3)14(9-12)20-17(22)13-8-11(18)4-6-15(13)23-2/h4-9H,1-3H3,(H,19,21)(H,20,22). The molecular formula is C17H17FN2O4. The van der Waals surface area contributed by atoms with Gasteiger partial charge in [-0.1, -0.05) is 0 Å². The number of benzene rings is 2. The van der Waals surface area contributed by atoms with Gasteiger partial charge in [-0.2, -0.15) is 0 Å². The first-order valence-electron chi connectivity index (χ1n) is 7.05. The molecule has 2 aromatic rings. The van der Waals surface area contributed by atoms with Crippen LogP contribution >= 0.6 is 0 Å². The van der Waals surface area contributed by atoms with E-state index < -0.39 is 11.7 Å². The third-order valence-corrected chi connectivity index (χ3v) is 3.17. The van der Waals surface area contributed by atoms with Crippen molar-refractivity contribution in [1.82, 2.24) is 0 Å². The molecule has 0 spiro atoms. The van der Waals surface area contributed by atoms with Crippen LogP contribution in [0.3, 0.4) is 0 Å². The molecule has 0 atom stereocenters. The summed E-state index contributed by atoms with van der Waals surface area (Å²) in [5.74, 6) is -0.729. The summed E-state index contributed by atoms with van der Waals surface area (Å²) >= 11 is 0. The van der Waals surface area contributed by atoms with Crippen LogP contribution in [0.25, 0.3) is 0 Å². The molecule has 6 nitrogen and oxygen atoms in total. The summed E-state index contributed by atoms with van der Waals surface area (Å²) < 4.78 is 23.7. The maximum Gasteiger partial charge on any atom is 0.259 e. The van der Waals surface area contributed by atoms with Gasteiger partial charge in [0.05, 0.1) is 25.5 Å². The first kappa shape index (κ1) is 17.3. The molecule has 0 fully saturated rings. The molecule has 2 amide bonds. The second-order valence-corrected chi connectivity index (χ2v) is 4.89. The third kappa shape index (κ3) is 4.01. The summed E-state index contributed by atoms with van der Waals surface area (Å²) in [4.78, 5) is 23.6. The van der Waals surface area contributed by atoms with Crippen molar-refractivity contribution < 1.29 is 23.5 Å². The fourth-order valence-corrected chi connectivity index (χ4v) is 2.13. The van der Waals surface area contributed by atoms with Gasteiger partial charge in [0.1, 0.15) is 17.3 Å². The van der Waals surface area contributed by atoms with Gasteiger partial charge < -0.3 is 20.1 Å². The van der Waals surface area contributed by atoms with E-state index in [2.05, 4.69) is 10.6 Å². The summed E-state index contributed by atoms with van der Waals surface area (Å²) in [6.45, 7) is 1.38. The number of nitrogens with one attached hydrogen (secondary N) is 2. The molecular weight excluding hydrogens is 315 g/mol. The fraction of sp³-hybridized carbons (Fsp3) is 0.176. The van der Waals surface area contributed by atoms with E-state index in [1.165, 1.54) is 33.3 Å². The largest absolute Gasteiger partial charge is 0.496 e. The van der Waals surface area contributed by atoms with Gasteiger partial charge in [-0.15, -0.1) is 0 Å². The average Bonchev–Trinajstić information content (AvgIpc) is 2.54. The van der Waals surface area contributed by atoms with Gasteiger partial charge in [-0.25, -0.2) is 4.39 Å². The van der Waals surface area contributed by atoms with Gasteiger partial charge in [-0.05, 0) is 36.4 Å².